The van der Waals surface area contributed by atoms with Crippen LogP contribution in [-0.2, 0) is 33.0 Å². The van der Waals surface area contributed by atoms with Gasteiger partial charge >= 0.3 is 5.97 Å². The molecule has 32 heavy (non-hydrogen) atoms. The van der Waals surface area contributed by atoms with Gasteiger partial charge in [0.2, 0.25) is 0 Å². The molecule has 0 aliphatic heterocycles. The van der Waals surface area contributed by atoms with E-state index in [-0.39, 0.29) is 23.5 Å². The number of ether oxygens (including phenoxy) is 1. The number of hydrogen-bond donors (Lipinski definition) is 1. The van der Waals surface area contributed by atoms with Crippen molar-refractivity contribution >= 4 is 44.2 Å². The third-order valence-electron chi connectivity index (χ3n) is 4.90. The molecule has 9 heteroatoms. The highest BCUT2D eigenvalue weighted by atomic mass is 35.5. The van der Waals surface area contributed by atoms with E-state index < -0.39 is 21.6 Å². The number of sulfone groups is 1. The smallest absolute Gasteiger partial charge is 0.321 e. The maximum absolute atomic E-state index is 12.7. The van der Waals surface area contributed by atoms with Crippen molar-refractivity contribution in [3.8, 4) is 0 Å². The quantitative estimate of drug-likeness (QED) is 0.523. The molecule has 0 saturated heterocycles. The van der Waals surface area contributed by atoms with Crippen LogP contribution in [0.4, 0.5) is 0 Å². The predicted molar refractivity (Wildman–Crippen MR) is 124 cm³/mol. The number of carbonyl (C=O) groups excluding carboxylic acids is 2. The third kappa shape index (κ3) is 5.31. The molecule has 0 radical (unpaired) electrons. The maximum Gasteiger partial charge on any atom is 0.321 e. The number of aromatic nitrogens is 1. The number of hydrogen-bond acceptors (Lipinski definition) is 5. The van der Waals surface area contributed by atoms with Crippen LogP contribution in [0.25, 0.3) is 10.9 Å². The lowest BCUT2D eigenvalue weighted by atomic mass is 10.2. The molecule has 0 spiro atoms. The van der Waals surface area contributed by atoms with Crippen molar-refractivity contribution in [2.24, 2.45) is 7.05 Å². The van der Waals surface area contributed by atoms with Crippen molar-refractivity contribution < 1.29 is 22.7 Å². The molecule has 0 aliphatic carbocycles. The lowest BCUT2D eigenvalue weighted by Gasteiger charge is -2.10. The van der Waals surface area contributed by atoms with E-state index in [0.29, 0.717) is 10.7 Å². The molecule has 0 fully saturated rings. The molecule has 1 N–H and O–H groups in total. The second-order valence-electron chi connectivity index (χ2n) is 7.89. The summed E-state index contributed by atoms with van der Waals surface area (Å²) in [5.41, 5.74) is 3.05. The van der Waals surface area contributed by atoms with Crippen molar-refractivity contribution in [1.82, 2.24) is 9.88 Å². The summed E-state index contributed by atoms with van der Waals surface area (Å²) >= 11 is 6.31. The zero-order valence-electron chi connectivity index (χ0n) is 18.3. The highest BCUT2D eigenvalue weighted by Gasteiger charge is 2.21. The molecular weight excluding hydrogens is 452 g/mol. The number of halogens is 1. The average molecular weight is 477 g/mol. The molecular formula is C23H25ClN2O5S. The second kappa shape index (κ2) is 9.34. The molecule has 0 atom stereocenters. The number of rotatable bonds is 7. The topological polar surface area (TPSA) is 94.5 Å². The summed E-state index contributed by atoms with van der Waals surface area (Å²) in [6.45, 7) is 5.46. The summed E-state index contributed by atoms with van der Waals surface area (Å²) in [7, 11) is -2.00. The van der Waals surface area contributed by atoms with Crippen LogP contribution in [0, 0.1) is 6.92 Å². The van der Waals surface area contributed by atoms with E-state index in [1.165, 1.54) is 12.1 Å². The molecule has 0 saturated carbocycles. The summed E-state index contributed by atoms with van der Waals surface area (Å²) < 4.78 is 31.4. The van der Waals surface area contributed by atoms with E-state index in [9.17, 15) is 18.0 Å². The molecule has 170 valence electrons. The minimum atomic E-state index is -3.80. The monoisotopic (exact) mass is 476 g/mol. The molecule has 0 aliphatic rings. The van der Waals surface area contributed by atoms with Gasteiger partial charge < -0.3 is 14.6 Å². The number of nitrogens with one attached hydrogen (secondary N) is 1. The molecule has 2 aromatic carbocycles. The Labute approximate surface area is 192 Å². The first kappa shape index (κ1) is 23.8. The summed E-state index contributed by atoms with van der Waals surface area (Å²) in [5, 5.41) is 4.22. The zero-order valence-corrected chi connectivity index (χ0v) is 19.9. The Morgan fingerprint density at radius 1 is 1.12 bits per heavy atom. The van der Waals surface area contributed by atoms with Crippen LogP contribution in [0.3, 0.4) is 0 Å². The fourth-order valence-electron chi connectivity index (χ4n) is 3.36. The minimum Gasteiger partial charge on any atom is -0.462 e. The van der Waals surface area contributed by atoms with Gasteiger partial charge in [-0.05, 0) is 62.2 Å². The Balaban J connectivity index is 1.68. The largest absolute Gasteiger partial charge is 0.462 e. The number of fused-ring (bicyclic) bond motifs is 1. The number of benzene rings is 2. The average Bonchev–Trinajstić information content (AvgIpc) is 3.02. The standard InChI is InChI=1S/C23H25ClN2O5S/c1-14(2)31-22(27)13-32(29,30)17-7-5-16(6-8-17)12-25-23(28)21-11-18-19(24)9-15(3)10-20(18)26(21)4/h5-11,14H,12-13H2,1-4H3,(H,25,28). The molecule has 3 aromatic rings. The predicted octanol–water partition coefficient (Wildman–Crippen LogP) is 3.80. The van der Waals surface area contributed by atoms with Gasteiger partial charge in [-0.3, -0.25) is 9.59 Å². The van der Waals surface area contributed by atoms with Gasteiger partial charge in [0.05, 0.1) is 21.5 Å². The lowest BCUT2D eigenvalue weighted by molar-refractivity contribution is -0.144. The van der Waals surface area contributed by atoms with Crippen LogP contribution in [0.15, 0.2) is 47.4 Å². The van der Waals surface area contributed by atoms with Crippen LogP contribution < -0.4 is 5.32 Å². The van der Waals surface area contributed by atoms with Crippen molar-refractivity contribution in [1.29, 1.82) is 0 Å². The van der Waals surface area contributed by atoms with Gasteiger partial charge in [-0.1, -0.05) is 23.7 Å². The summed E-state index contributed by atoms with van der Waals surface area (Å²) in [4.78, 5) is 24.4. The van der Waals surface area contributed by atoms with E-state index in [0.717, 1.165) is 22.0 Å². The lowest BCUT2D eigenvalue weighted by Crippen LogP contribution is -2.25. The summed E-state index contributed by atoms with van der Waals surface area (Å²) in [6, 6.07) is 11.6. The van der Waals surface area contributed by atoms with Gasteiger partial charge in [0.25, 0.3) is 5.91 Å². The number of carbonyl (C=O) groups is 2. The highest BCUT2D eigenvalue weighted by Crippen LogP contribution is 2.28. The van der Waals surface area contributed by atoms with Gasteiger partial charge in [-0.2, -0.15) is 0 Å². The normalized spacial score (nSPS) is 11.7. The summed E-state index contributed by atoms with van der Waals surface area (Å²) in [6.07, 6.45) is -0.384. The van der Waals surface area contributed by atoms with Crippen LogP contribution in [0.5, 0.6) is 0 Å². The van der Waals surface area contributed by atoms with Crippen LogP contribution in [0.1, 0.15) is 35.5 Å². The Kier molecular flexibility index (Phi) is 6.95. The van der Waals surface area contributed by atoms with Crippen molar-refractivity contribution in [2.75, 3.05) is 5.75 Å². The van der Waals surface area contributed by atoms with E-state index >= 15 is 0 Å². The van der Waals surface area contributed by atoms with Gasteiger partial charge in [-0.15, -0.1) is 0 Å². The van der Waals surface area contributed by atoms with Gasteiger partial charge in [-0.25, -0.2) is 8.42 Å². The SMILES string of the molecule is Cc1cc(Cl)c2cc(C(=O)NCc3ccc(S(=O)(=O)CC(=O)OC(C)C)cc3)n(C)c2c1. The Bertz CT molecular complexity index is 1280. The van der Waals surface area contributed by atoms with E-state index in [1.807, 2.05) is 19.1 Å². The van der Waals surface area contributed by atoms with Gasteiger partial charge in [0, 0.05) is 19.0 Å². The van der Waals surface area contributed by atoms with E-state index in [1.54, 1.807) is 43.7 Å². The minimum absolute atomic E-state index is 0.0204. The number of aryl methyl sites for hydroxylation is 2. The number of nitrogens with zero attached hydrogens (tertiary/aromatic N) is 1. The molecule has 1 amide bonds. The fraction of sp³-hybridized carbons (Fsp3) is 0.304. The zero-order chi connectivity index (χ0) is 23.6. The summed E-state index contributed by atoms with van der Waals surface area (Å²) in [5.74, 6) is -1.78. The van der Waals surface area contributed by atoms with E-state index in [4.69, 9.17) is 16.3 Å². The van der Waals surface area contributed by atoms with Crippen molar-refractivity contribution in [3.63, 3.8) is 0 Å². The van der Waals surface area contributed by atoms with Crippen molar-refractivity contribution in [3.05, 3.63) is 64.3 Å². The van der Waals surface area contributed by atoms with Gasteiger partial charge in [0.1, 0.15) is 5.69 Å². The maximum atomic E-state index is 12.7. The highest BCUT2D eigenvalue weighted by molar-refractivity contribution is 7.92. The molecule has 0 unspecified atom stereocenters. The Morgan fingerprint density at radius 2 is 1.78 bits per heavy atom. The molecule has 0 bridgehead atoms. The number of amides is 1. The van der Waals surface area contributed by atoms with Crippen LogP contribution in [-0.4, -0.2) is 36.7 Å². The molecule has 1 heterocycles. The fourth-order valence-corrected chi connectivity index (χ4v) is 4.78. The third-order valence-corrected chi connectivity index (χ3v) is 6.82. The Morgan fingerprint density at radius 3 is 2.41 bits per heavy atom. The van der Waals surface area contributed by atoms with Crippen LogP contribution in [0.2, 0.25) is 5.02 Å². The first-order valence-corrected chi connectivity index (χ1v) is 12.1. The molecule has 1 aromatic heterocycles. The Hall–Kier alpha value is -2.84. The second-order valence-corrected chi connectivity index (χ2v) is 10.3. The molecule has 7 nitrogen and oxygen atoms in total. The van der Waals surface area contributed by atoms with Crippen LogP contribution >= 0.6 is 11.6 Å². The molecule has 3 rings (SSSR count). The van der Waals surface area contributed by atoms with E-state index in [2.05, 4.69) is 5.32 Å². The van der Waals surface area contributed by atoms with Gasteiger partial charge in [0.15, 0.2) is 15.6 Å². The first-order valence-electron chi connectivity index (χ1n) is 10.0. The first-order chi connectivity index (χ1) is 15.0. The van der Waals surface area contributed by atoms with Crippen molar-refractivity contribution in [2.45, 2.75) is 38.3 Å². The number of esters is 1.